The van der Waals surface area contributed by atoms with Gasteiger partial charge in [-0.25, -0.2) is 4.79 Å². The number of hydrogen-bond donors (Lipinski definition) is 1. The minimum absolute atomic E-state index is 0.132. The van der Waals surface area contributed by atoms with Crippen molar-refractivity contribution in [3.05, 3.63) is 99.2 Å². The molecular formula is C27H26ClN3O5. The Hall–Kier alpha value is -4.04. The second-order valence-electron chi connectivity index (χ2n) is 8.25. The standard InChI is InChI=1S/C27H26ClN3O5/c1-16-8-7-11-22(28)25(16)35-15-20-12-13-23(36-20)26(32)29-24-17(2)30-31(18(24)3)14-19-9-5-6-10-21(19)27(33)34-4/h5-13H,14-15H2,1-4H3,(H,29,32). The Bertz CT molecular complexity index is 1400. The highest BCUT2D eigenvalue weighted by Gasteiger charge is 2.19. The van der Waals surface area contributed by atoms with Crippen LogP contribution in [0.4, 0.5) is 5.69 Å². The normalized spacial score (nSPS) is 10.8. The number of aromatic nitrogens is 2. The van der Waals surface area contributed by atoms with Gasteiger partial charge < -0.3 is 19.2 Å². The van der Waals surface area contributed by atoms with E-state index in [1.54, 1.807) is 41.9 Å². The van der Waals surface area contributed by atoms with Gasteiger partial charge in [-0.15, -0.1) is 0 Å². The molecule has 186 valence electrons. The molecule has 1 amide bonds. The third-order valence-corrected chi connectivity index (χ3v) is 6.07. The topological polar surface area (TPSA) is 95.6 Å². The van der Waals surface area contributed by atoms with Crippen LogP contribution in [0.25, 0.3) is 0 Å². The Kier molecular flexibility index (Phi) is 7.45. The molecule has 8 nitrogen and oxygen atoms in total. The number of para-hydroxylation sites is 1. The number of ether oxygens (including phenoxy) is 2. The fourth-order valence-corrected chi connectivity index (χ4v) is 4.13. The van der Waals surface area contributed by atoms with Gasteiger partial charge in [-0.1, -0.05) is 41.9 Å². The van der Waals surface area contributed by atoms with Crippen molar-refractivity contribution in [3.63, 3.8) is 0 Å². The number of nitrogens with one attached hydrogen (secondary N) is 1. The Labute approximate surface area is 213 Å². The highest BCUT2D eigenvalue weighted by Crippen LogP contribution is 2.29. The van der Waals surface area contributed by atoms with Crippen LogP contribution in [0.1, 0.15) is 49.2 Å². The summed E-state index contributed by atoms with van der Waals surface area (Å²) in [5.41, 5.74) is 4.10. The zero-order valence-electron chi connectivity index (χ0n) is 20.4. The number of benzene rings is 2. The molecule has 9 heteroatoms. The predicted octanol–water partition coefficient (Wildman–Crippen LogP) is 5.72. The summed E-state index contributed by atoms with van der Waals surface area (Å²) in [6, 6.07) is 16.0. The molecule has 2 aromatic heterocycles. The van der Waals surface area contributed by atoms with E-state index in [0.29, 0.717) is 40.0 Å². The SMILES string of the molecule is COC(=O)c1ccccc1Cn1nc(C)c(NC(=O)c2ccc(COc3c(C)cccc3Cl)o2)c1C. The van der Waals surface area contributed by atoms with Crippen molar-refractivity contribution < 1.29 is 23.5 Å². The fourth-order valence-electron chi connectivity index (χ4n) is 3.86. The van der Waals surface area contributed by atoms with Crippen molar-refractivity contribution >= 4 is 29.2 Å². The van der Waals surface area contributed by atoms with Gasteiger partial charge >= 0.3 is 5.97 Å². The van der Waals surface area contributed by atoms with E-state index < -0.39 is 11.9 Å². The Balaban J connectivity index is 1.46. The quantitative estimate of drug-likeness (QED) is 0.306. The zero-order chi connectivity index (χ0) is 25.8. The molecule has 0 atom stereocenters. The van der Waals surface area contributed by atoms with Crippen molar-refractivity contribution in [1.82, 2.24) is 9.78 Å². The summed E-state index contributed by atoms with van der Waals surface area (Å²) in [6.07, 6.45) is 0. The van der Waals surface area contributed by atoms with Crippen LogP contribution >= 0.6 is 11.6 Å². The summed E-state index contributed by atoms with van der Waals surface area (Å²) < 4.78 is 18.1. The summed E-state index contributed by atoms with van der Waals surface area (Å²) in [4.78, 5) is 25.0. The smallest absolute Gasteiger partial charge is 0.338 e. The molecule has 0 fully saturated rings. The Morgan fingerprint density at radius 3 is 2.58 bits per heavy atom. The molecule has 0 unspecified atom stereocenters. The first kappa shape index (κ1) is 25.1. The van der Waals surface area contributed by atoms with Crippen molar-refractivity contribution in [2.45, 2.75) is 33.9 Å². The minimum atomic E-state index is -0.414. The maximum atomic E-state index is 12.9. The number of furan rings is 1. The van der Waals surface area contributed by atoms with Crippen LogP contribution in [0.3, 0.4) is 0 Å². The molecule has 0 spiro atoms. The van der Waals surface area contributed by atoms with Gasteiger partial charge in [0.1, 0.15) is 18.1 Å². The zero-order valence-corrected chi connectivity index (χ0v) is 21.2. The van der Waals surface area contributed by atoms with E-state index in [-0.39, 0.29) is 12.4 Å². The van der Waals surface area contributed by atoms with Gasteiger partial charge in [0.25, 0.3) is 5.91 Å². The number of amides is 1. The number of anilines is 1. The van der Waals surface area contributed by atoms with Crippen molar-refractivity contribution in [2.75, 3.05) is 12.4 Å². The van der Waals surface area contributed by atoms with E-state index in [2.05, 4.69) is 10.4 Å². The fraction of sp³-hybridized carbons (Fsp3) is 0.222. The first-order chi connectivity index (χ1) is 17.3. The second-order valence-corrected chi connectivity index (χ2v) is 8.65. The van der Waals surface area contributed by atoms with Gasteiger partial charge in [-0.3, -0.25) is 9.48 Å². The van der Waals surface area contributed by atoms with Gasteiger partial charge in [-0.2, -0.15) is 5.10 Å². The number of aryl methyl sites for hydroxylation is 2. The number of halogens is 1. The number of nitrogens with zero attached hydrogens (tertiary/aromatic N) is 2. The molecule has 0 aliphatic carbocycles. The monoisotopic (exact) mass is 507 g/mol. The molecule has 1 N–H and O–H groups in total. The van der Waals surface area contributed by atoms with Crippen LogP contribution < -0.4 is 10.1 Å². The van der Waals surface area contributed by atoms with E-state index in [1.807, 2.05) is 38.1 Å². The third-order valence-electron chi connectivity index (χ3n) is 5.77. The van der Waals surface area contributed by atoms with E-state index in [4.69, 9.17) is 25.5 Å². The van der Waals surface area contributed by atoms with Crippen LogP contribution in [0.5, 0.6) is 5.75 Å². The molecule has 0 radical (unpaired) electrons. The van der Waals surface area contributed by atoms with E-state index in [9.17, 15) is 9.59 Å². The molecule has 0 bridgehead atoms. The van der Waals surface area contributed by atoms with Crippen LogP contribution in [0, 0.1) is 20.8 Å². The van der Waals surface area contributed by atoms with E-state index in [0.717, 1.165) is 16.8 Å². The minimum Gasteiger partial charge on any atom is -0.484 e. The van der Waals surface area contributed by atoms with Crippen molar-refractivity contribution in [1.29, 1.82) is 0 Å². The molecule has 2 aromatic carbocycles. The number of methoxy groups -OCH3 is 1. The van der Waals surface area contributed by atoms with E-state index in [1.165, 1.54) is 7.11 Å². The van der Waals surface area contributed by atoms with Gasteiger partial charge in [0.05, 0.1) is 41.3 Å². The van der Waals surface area contributed by atoms with Gasteiger partial charge in [0, 0.05) is 0 Å². The van der Waals surface area contributed by atoms with Crippen LogP contribution in [-0.4, -0.2) is 28.8 Å². The molecule has 0 saturated carbocycles. The molecule has 0 aliphatic heterocycles. The number of rotatable bonds is 8. The molecule has 0 saturated heterocycles. The van der Waals surface area contributed by atoms with Gasteiger partial charge in [0.2, 0.25) is 0 Å². The highest BCUT2D eigenvalue weighted by molar-refractivity contribution is 6.32. The average Bonchev–Trinajstić information content (AvgIpc) is 3.44. The highest BCUT2D eigenvalue weighted by atomic mass is 35.5. The maximum absolute atomic E-state index is 12.9. The summed E-state index contributed by atoms with van der Waals surface area (Å²) >= 11 is 6.21. The van der Waals surface area contributed by atoms with Crippen molar-refractivity contribution in [2.24, 2.45) is 0 Å². The first-order valence-corrected chi connectivity index (χ1v) is 11.6. The third kappa shape index (κ3) is 5.28. The maximum Gasteiger partial charge on any atom is 0.338 e. The van der Waals surface area contributed by atoms with E-state index >= 15 is 0 Å². The predicted molar refractivity (Wildman–Crippen MR) is 136 cm³/mol. The number of carbonyl (C=O) groups is 2. The second kappa shape index (κ2) is 10.7. The number of carbonyl (C=O) groups excluding carboxylic acids is 2. The molecule has 2 heterocycles. The summed E-state index contributed by atoms with van der Waals surface area (Å²) in [5, 5.41) is 7.95. The van der Waals surface area contributed by atoms with Crippen LogP contribution in [-0.2, 0) is 17.9 Å². The first-order valence-electron chi connectivity index (χ1n) is 11.3. The average molecular weight is 508 g/mol. The number of hydrogen-bond acceptors (Lipinski definition) is 6. The Morgan fingerprint density at radius 1 is 1.06 bits per heavy atom. The molecule has 4 rings (SSSR count). The lowest BCUT2D eigenvalue weighted by atomic mass is 10.1. The summed E-state index contributed by atoms with van der Waals surface area (Å²) in [6.45, 7) is 6.04. The van der Waals surface area contributed by atoms with Gasteiger partial charge in [0.15, 0.2) is 5.76 Å². The van der Waals surface area contributed by atoms with Crippen LogP contribution in [0.2, 0.25) is 5.02 Å². The molecule has 0 aliphatic rings. The molecule has 36 heavy (non-hydrogen) atoms. The summed E-state index contributed by atoms with van der Waals surface area (Å²) in [7, 11) is 1.35. The van der Waals surface area contributed by atoms with Gasteiger partial charge in [-0.05, 0) is 56.2 Å². The lowest BCUT2D eigenvalue weighted by Crippen LogP contribution is -2.13. The largest absolute Gasteiger partial charge is 0.484 e. The molecule has 4 aromatic rings. The lowest BCUT2D eigenvalue weighted by Gasteiger charge is -2.10. The number of esters is 1. The molecular weight excluding hydrogens is 482 g/mol. The van der Waals surface area contributed by atoms with Crippen LogP contribution in [0.15, 0.2) is 59.0 Å². The summed E-state index contributed by atoms with van der Waals surface area (Å²) in [5.74, 6) is 0.392. The lowest BCUT2D eigenvalue weighted by molar-refractivity contribution is 0.0599. The van der Waals surface area contributed by atoms with Crippen molar-refractivity contribution in [3.8, 4) is 5.75 Å². The Morgan fingerprint density at radius 2 is 1.83 bits per heavy atom.